The van der Waals surface area contributed by atoms with Crippen LogP contribution < -0.4 is 15.7 Å². The normalized spacial score (nSPS) is 10.9. The maximum Gasteiger partial charge on any atom is 0.336 e. The van der Waals surface area contributed by atoms with Gasteiger partial charge in [0.05, 0.1) is 0 Å². The van der Waals surface area contributed by atoms with Gasteiger partial charge in [0.15, 0.2) is 6.61 Å². The minimum Gasteiger partial charge on any atom is -0.484 e. The van der Waals surface area contributed by atoms with Crippen LogP contribution in [0.3, 0.4) is 0 Å². The number of hydrogen-bond donors (Lipinski definition) is 1. The van der Waals surface area contributed by atoms with Crippen molar-refractivity contribution >= 4 is 16.9 Å². The highest BCUT2D eigenvalue weighted by atomic mass is 16.5. The van der Waals surface area contributed by atoms with E-state index < -0.39 is 5.63 Å². The summed E-state index contributed by atoms with van der Waals surface area (Å²) in [6.07, 6.45) is 0.769. The molecule has 3 aromatic rings. The standard InChI is InChI=1S/C22H23NO4/c1-15(2)17-5-3-16(4-6-17)11-12-23-21(24)14-26-19-9-7-18-8-10-22(25)27-20(18)13-19/h3-10,13,15H,11-12,14H2,1-2H3,(H,23,24). The molecule has 1 N–H and O–H groups in total. The van der Waals surface area contributed by atoms with Gasteiger partial charge in [-0.1, -0.05) is 38.1 Å². The monoisotopic (exact) mass is 365 g/mol. The van der Waals surface area contributed by atoms with E-state index in [9.17, 15) is 9.59 Å². The molecule has 0 aliphatic heterocycles. The zero-order chi connectivity index (χ0) is 19.2. The molecule has 0 atom stereocenters. The Hall–Kier alpha value is -3.08. The molecule has 5 heteroatoms. The summed E-state index contributed by atoms with van der Waals surface area (Å²) in [5.41, 5.74) is 2.51. The van der Waals surface area contributed by atoms with Crippen molar-refractivity contribution in [1.29, 1.82) is 0 Å². The maximum absolute atomic E-state index is 12.0. The van der Waals surface area contributed by atoms with Crippen molar-refractivity contribution in [2.75, 3.05) is 13.2 Å². The molecule has 140 valence electrons. The van der Waals surface area contributed by atoms with Crippen molar-refractivity contribution in [3.63, 3.8) is 0 Å². The van der Waals surface area contributed by atoms with Gasteiger partial charge in [-0.15, -0.1) is 0 Å². The lowest BCUT2D eigenvalue weighted by Gasteiger charge is -2.09. The van der Waals surface area contributed by atoms with Crippen molar-refractivity contribution in [2.45, 2.75) is 26.2 Å². The Morgan fingerprint density at radius 3 is 2.56 bits per heavy atom. The van der Waals surface area contributed by atoms with E-state index in [4.69, 9.17) is 9.15 Å². The van der Waals surface area contributed by atoms with Gasteiger partial charge in [0.1, 0.15) is 11.3 Å². The molecule has 27 heavy (non-hydrogen) atoms. The summed E-state index contributed by atoms with van der Waals surface area (Å²) in [6.45, 7) is 4.79. The number of rotatable bonds is 7. The molecule has 0 aliphatic carbocycles. The van der Waals surface area contributed by atoms with Gasteiger partial charge >= 0.3 is 5.63 Å². The molecule has 1 amide bonds. The Kier molecular flexibility index (Phi) is 5.91. The zero-order valence-electron chi connectivity index (χ0n) is 15.5. The number of amides is 1. The van der Waals surface area contributed by atoms with Gasteiger partial charge < -0.3 is 14.5 Å². The molecule has 3 rings (SSSR count). The predicted molar refractivity (Wildman–Crippen MR) is 105 cm³/mol. The van der Waals surface area contributed by atoms with E-state index in [1.165, 1.54) is 17.2 Å². The summed E-state index contributed by atoms with van der Waals surface area (Å²) in [4.78, 5) is 23.2. The van der Waals surface area contributed by atoms with Crippen molar-refractivity contribution in [3.05, 3.63) is 76.1 Å². The topological polar surface area (TPSA) is 68.5 Å². The highest BCUT2D eigenvalue weighted by Crippen LogP contribution is 2.19. The Morgan fingerprint density at radius 1 is 1.07 bits per heavy atom. The van der Waals surface area contributed by atoms with Crippen LogP contribution in [0.2, 0.25) is 0 Å². The van der Waals surface area contributed by atoms with Gasteiger partial charge in [-0.3, -0.25) is 4.79 Å². The van der Waals surface area contributed by atoms with Gasteiger partial charge in [-0.25, -0.2) is 4.79 Å². The SMILES string of the molecule is CC(C)c1ccc(CCNC(=O)COc2ccc3ccc(=O)oc3c2)cc1. The molecular formula is C22H23NO4. The molecule has 0 fully saturated rings. The zero-order valence-corrected chi connectivity index (χ0v) is 15.5. The van der Waals surface area contributed by atoms with Crippen LogP contribution in [0.5, 0.6) is 5.75 Å². The fourth-order valence-corrected chi connectivity index (χ4v) is 2.75. The van der Waals surface area contributed by atoms with Crippen LogP contribution in [-0.2, 0) is 11.2 Å². The van der Waals surface area contributed by atoms with E-state index in [0.29, 0.717) is 23.8 Å². The first-order chi connectivity index (χ1) is 13.0. The minimum atomic E-state index is -0.418. The lowest BCUT2D eigenvalue weighted by Crippen LogP contribution is -2.30. The molecule has 0 spiro atoms. The molecule has 2 aromatic carbocycles. The van der Waals surface area contributed by atoms with Crippen molar-refractivity contribution in [1.82, 2.24) is 5.32 Å². The molecule has 0 aliphatic rings. The van der Waals surface area contributed by atoms with Crippen LogP contribution in [-0.4, -0.2) is 19.1 Å². The van der Waals surface area contributed by atoms with Crippen LogP contribution in [0.25, 0.3) is 11.0 Å². The summed E-state index contributed by atoms with van der Waals surface area (Å²) >= 11 is 0. The fraction of sp³-hybridized carbons (Fsp3) is 0.273. The quantitative estimate of drug-likeness (QED) is 0.649. The van der Waals surface area contributed by atoms with Crippen LogP contribution >= 0.6 is 0 Å². The van der Waals surface area contributed by atoms with Crippen LogP contribution in [0.4, 0.5) is 0 Å². The third kappa shape index (κ3) is 5.20. The largest absolute Gasteiger partial charge is 0.484 e. The number of benzene rings is 2. The molecule has 1 heterocycles. The molecule has 1 aromatic heterocycles. The lowest BCUT2D eigenvalue weighted by atomic mass is 10.0. The third-order valence-corrected chi connectivity index (χ3v) is 4.35. The first kappa shape index (κ1) is 18.7. The molecule has 0 bridgehead atoms. The second-order valence-corrected chi connectivity index (χ2v) is 6.74. The first-order valence-corrected chi connectivity index (χ1v) is 9.03. The Morgan fingerprint density at radius 2 is 1.81 bits per heavy atom. The third-order valence-electron chi connectivity index (χ3n) is 4.35. The Labute approximate surface area is 158 Å². The minimum absolute atomic E-state index is 0.0884. The molecule has 0 radical (unpaired) electrons. The van der Waals surface area contributed by atoms with E-state index in [1.807, 2.05) is 0 Å². The summed E-state index contributed by atoms with van der Waals surface area (Å²) in [6, 6.07) is 16.6. The second-order valence-electron chi connectivity index (χ2n) is 6.74. The number of carbonyl (C=O) groups excluding carboxylic acids is 1. The number of nitrogens with one attached hydrogen (secondary N) is 1. The van der Waals surface area contributed by atoms with E-state index in [2.05, 4.69) is 43.4 Å². The van der Waals surface area contributed by atoms with E-state index in [0.717, 1.165) is 11.8 Å². The maximum atomic E-state index is 12.0. The van der Waals surface area contributed by atoms with Gasteiger partial charge in [-0.2, -0.15) is 0 Å². The highest BCUT2D eigenvalue weighted by Gasteiger charge is 2.05. The van der Waals surface area contributed by atoms with Crippen molar-refractivity contribution in [3.8, 4) is 5.75 Å². The molecule has 5 nitrogen and oxygen atoms in total. The summed E-state index contributed by atoms with van der Waals surface area (Å²) < 4.78 is 10.6. The first-order valence-electron chi connectivity index (χ1n) is 9.03. The molecule has 0 unspecified atom stereocenters. The second kappa shape index (κ2) is 8.54. The smallest absolute Gasteiger partial charge is 0.336 e. The van der Waals surface area contributed by atoms with Gasteiger partial charge in [0.2, 0.25) is 0 Å². The summed E-state index contributed by atoms with van der Waals surface area (Å²) in [7, 11) is 0. The Bertz CT molecular complexity index is 974. The van der Waals surface area contributed by atoms with Crippen LogP contribution in [0.1, 0.15) is 30.9 Å². The summed E-state index contributed by atoms with van der Waals surface area (Å²) in [5, 5.41) is 3.65. The fourth-order valence-electron chi connectivity index (χ4n) is 2.75. The predicted octanol–water partition coefficient (Wildman–Crippen LogP) is 3.65. The van der Waals surface area contributed by atoms with E-state index in [-0.39, 0.29) is 12.5 Å². The molecule has 0 saturated carbocycles. The average Bonchev–Trinajstić information content (AvgIpc) is 2.66. The molecular weight excluding hydrogens is 342 g/mol. The molecule has 0 saturated heterocycles. The number of fused-ring (bicyclic) bond motifs is 1. The van der Waals surface area contributed by atoms with Gasteiger partial charge in [-0.05, 0) is 41.7 Å². The van der Waals surface area contributed by atoms with Gasteiger partial charge in [0, 0.05) is 24.1 Å². The van der Waals surface area contributed by atoms with Crippen molar-refractivity contribution < 1.29 is 13.9 Å². The van der Waals surface area contributed by atoms with E-state index in [1.54, 1.807) is 24.3 Å². The Balaban J connectivity index is 1.46. The number of hydrogen-bond acceptors (Lipinski definition) is 4. The number of carbonyl (C=O) groups is 1. The van der Waals surface area contributed by atoms with Crippen LogP contribution in [0, 0.1) is 0 Å². The van der Waals surface area contributed by atoms with E-state index >= 15 is 0 Å². The van der Waals surface area contributed by atoms with Gasteiger partial charge in [0.25, 0.3) is 5.91 Å². The lowest BCUT2D eigenvalue weighted by molar-refractivity contribution is -0.123. The highest BCUT2D eigenvalue weighted by molar-refractivity contribution is 5.79. The van der Waals surface area contributed by atoms with Crippen molar-refractivity contribution in [2.24, 2.45) is 0 Å². The average molecular weight is 365 g/mol. The van der Waals surface area contributed by atoms with Crippen LogP contribution in [0.15, 0.2) is 63.8 Å². The number of ether oxygens (including phenoxy) is 1. The summed E-state index contributed by atoms with van der Waals surface area (Å²) in [5.74, 6) is 0.804.